The smallest absolute Gasteiger partial charge is 0.254 e. The molecule has 0 aromatic heterocycles. The highest BCUT2D eigenvalue weighted by atomic mass is 16.2. The predicted octanol–water partition coefficient (Wildman–Crippen LogP) is 5.41. The van der Waals surface area contributed by atoms with Gasteiger partial charge in [-0.05, 0) is 33.4 Å². The Morgan fingerprint density at radius 2 is 1.52 bits per heavy atom. The fraction of sp³-hybridized carbons (Fsp3) is 0.261. The molecule has 2 heteroatoms. The molecule has 0 spiro atoms. The Hall–Kier alpha value is -2.61. The molecule has 0 aliphatic heterocycles. The van der Waals surface area contributed by atoms with Gasteiger partial charge in [-0.15, -0.1) is 0 Å². The molecule has 3 aromatic carbocycles. The number of rotatable bonds is 3. The van der Waals surface area contributed by atoms with Gasteiger partial charge in [-0.1, -0.05) is 81.4 Å². The number of nitrogens with zero attached hydrogens (tertiary/aromatic N) is 1. The zero-order valence-electron chi connectivity index (χ0n) is 15.4. The molecule has 2 nitrogen and oxygen atoms in total. The fourth-order valence-corrected chi connectivity index (χ4v) is 3.07. The molecule has 0 saturated heterocycles. The van der Waals surface area contributed by atoms with Crippen LogP contribution in [0.2, 0.25) is 0 Å². The summed E-state index contributed by atoms with van der Waals surface area (Å²) in [5.74, 6) is 0.0525. The first kappa shape index (κ1) is 17.2. The third-order valence-electron chi connectivity index (χ3n) is 4.61. The Morgan fingerprint density at radius 3 is 2.20 bits per heavy atom. The van der Waals surface area contributed by atoms with Crippen molar-refractivity contribution in [3.63, 3.8) is 0 Å². The van der Waals surface area contributed by atoms with E-state index in [2.05, 4.69) is 45.0 Å². The minimum Gasteiger partial charge on any atom is -0.337 e. The number of hydrogen-bond acceptors (Lipinski definition) is 1. The summed E-state index contributed by atoms with van der Waals surface area (Å²) in [7, 11) is 1.86. The van der Waals surface area contributed by atoms with Crippen molar-refractivity contribution >= 4 is 16.7 Å². The molecular formula is C23H25NO. The standard InChI is InChI=1S/C23H25NO/c1-23(2,3)19-14-12-17(13-15-19)16-24(4)22(25)21-11-7-9-18-8-5-6-10-20(18)21/h5-15H,16H2,1-4H3. The maximum absolute atomic E-state index is 12.9. The number of carbonyl (C=O) groups is 1. The maximum Gasteiger partial charge on any atom is 0.254 e. The Balaban J connectivity index is 1.81. The van der Waals surface area contributed by atoms with Gasteiger partial charge in [-0.2, -0.15) is 0 Å². The van der Waals surface area contributed by atoms with E-state index in [0.717, 1.165) is 21.9 Å². The lowest BCUT2D eigenvalue weighted by atomic mass is 9.87. The number of carbonyl (C=O) groups excluding carboxylic acids is 1. The molecule has 0 radical (unpaired) electrons. The van der Waals surface area contributed by atoms with Crippen molar-refractivity contribution in [1.29, 1.82) is 0 Å². The number of amides is 1. The largest absolute Gasteiger partial charge is 0.337 e. The van der Waals surface area contributed by atoms with E-state index in [1.807, 2.05) is 49.5 Å². The molecule has 0 N–H and O–H groups in total. The lowest BCUT2D eigenvalue weighted by Gasteiger charge is -2.21. The van der Waals surface area contributed by atoms with Crippen LogP contribution in [0, 0.1) is 0 Å². The monoisotopic (exact) mass is 331 g/mol. The second-order valence-electron chi connectivity index (χ2n) is 7.63. The highest BCUT2D eigenvalue weighted by Gasteiger charge is 2.16. The molecule has 3 aromatic rings. The van der Waals surface area contributed by atoms with Crippen LogP contribution in [0.15, 0.2) is 66.7 Å². The summed E-state index contributed by atoms with van der Waals surface area (Å²) in [5.41, 5.74) is 3.35. The zero-order chi connectivity index (χ0) is 18.0. The van der Waals surface area contributed by atoms with Gasteiger partial charge in [-0.25, -0.2) is 0 Å². The number of hydrogen-bond donors (Lipinski definition) is 0. The summed E-state index contributed by atoms with van der Waals surface area (Å²) in [6.45, 7) is 7.22. The van der Waals surface area contributed by atoms with E-state index in [4.69, 9.17) is 0 Å². The van der Waals surface area contributed by atoms with Crippen molar-refractivity contribution < 1.29 is 4.79 Å². The normalized spacial score (nSPS) is 11.5. The minimum absolute atomic E-state index is 0.0525. The van der Waals surface area contributed by atoms with Crippen LogP contribution >= 0.6 is 0 Å². The summed E-state index contributed by atoms with van der Waals surface area (Å²) >= 11 is 0. The molecule has 0 unspecified atom stereocenters. The second kappa shape index (κ2) is 6.72. The topological polar surface area (TPSA) is 20.3 Å². The van der Waals surface area contributed by atoms with E-state index in [1.165, 1.54) is 5.56 Å². The van der Waals surface area contributed by atoms with Gasteiger partial charge in [0.05, 0.1) is 0 Å². The quantitative estimate of drug-likeness (QED) is 0.628. The van der Waals surface area contributed by atoms with Crippen LogP contribution in [0.3, 0.4) is 0 Å². The zero-order valence-corrected chi connectivity index (χ0v) is 15.4. The van der Waals surface area contributed by atoms with Gasteiger partial charge in [0.25, 0.3) is 5.91 Å². The highest BCUT2D eigenvalue weighted by molar-refractivity contribution is 6.06. The van der Waals surface area contributed by atoms with E-state index in [1.54, 1.807) is 4.90 Å². The average Bonchev–Trinajstić information content (AvgIpc) is 2.60. The molecule has 0 aliphatic rings. The van der Waals surface area contributed by atoms with Crippen LogP contribution in [0.25, 0.3) is 10.8 Å². The number of fused-ring (bicyclic) bond motifs is 1. The molecule has 25 heavy (non-hydrogen) atoms. The van der Waals surface area contributed by atoms with Gasteiger partial charge in [0.2, 0.25) is 0 Å². The molecule has 0 heterocycles. The summed E-state index contributed by atoms with van der Waals surface area (Å²) in [5, 5.41) is 2.10. The summed E-state index contributed by atoms with van der Waals surface area (Å²) in [6.07, 6.45) is 0. The lowest BCUT2D eigenvalue weighted by Crippen LogP contribution is -2.26. The van der Waals surface area contributed by atoms with E-state index < -0.39 is 0 Å². The van der Waals surface area contributed by atoms with Gasteiger partial charge in [-0.3, -0.25) is 4.79 Å². The van der Waals surface area contributed by atoms with Crippen LogP contribution in [-0.2, 0) is 12.0 Å². The first-order chi connectivity index (χ1) is 11.9. The van der Waals surface area contributed by atoms with Crippen LogP contribution in [-0.4, -0.2) is 17.9 Å². The molecule has 128 valence electrons. The van der Waals surface area contributed by atoms with Crippen molar-refractivity contribution in [2.75, 3.05) is 7.05 Å². The van der Waals surface area contributed by atoms with Crippen LogP contribution < -0.4 is 0 Å². The van der Waals surface area contributed by atoms with E-state index >= 15 is 0 Å². The fourth-order valence-electron chi connectivity index (χ4n) is 3.07. The molecule has 0 saturated carbocycles. The molecule has 0 atom stereocenters. The van der Waals surface area contributed by atoms with Crippen molar-refractivity contribution in [1.82, 2.24) is 4.90 Å². The second-order valence-corrected chi connectivity index (χ2v) is 7.63. The predicted molar refractivity (Wildman–Crippen MR) is 105 cm³/mol. The summed E-state index contributed by atoms with van der Waals surface area (Å²) in [6, 6.07) is 22.5. The van der Waals surface area contributed by atoms with E-state index in [0.29, 0.717) is 6.54 Å². The summed E-state index contributed by atoms with van der Waals surface area (Å²) in [4.78, 5) is 14.7. The van der Waals surface area contributed by atoms with Crippen LogP contribution in [0.5, 0.6) is 0 Å². The third-order valence-corrected chi connectivity index (χ3v) is 4.61. The van der Waals surface area contributed by atoms with Gasteiger partial charge >= 0.3 is 0 Å². The molecular weight excluding hydrogens is 306 g/mol. The van der Waals surface area contributed by atoms with Gasteiger partial charge < -0.3 is 4.90 Å². The van der Waals surface area contributed by atoms with Crippen LogP contribution in [0.4, 0.5) is 0 Å². The van der Waals surface area contributed by atoms with Crippen molar-refractivity contribution in [2.24, 2.45) is 0 Å². The highest BCUT2D eigenvalue weighted by Crippen LogP contribution is 2.23. The maximum atomic E-state index is 12.9. The van der Waals surface area contributed by atoms with Crippen molar-refractivity contribution in [2.45, 2.75) is 32.7 Å². The Morgan fingerprint density at radius 1 is 0.880 bits per heavy atom. The first-order valence-electron chi connectivity index (χ1n) is 8.69. The van der Waals surface area contributed by atoms with E-state index in [9.17, 15) is 4.79 Å². The number of benzene rings is 3. The minimum atomic E-state index is 0.0525. The van der Waals surface area contributed by atoms with Gasteiger partial charge in [0.1, 0.15) is 0 Å². The molecule has 1 amide bonds. The third kappa shape index (κ3) is 3.74. The lowest BCUT2D eigenvalue weighted by molar-refractivity contribution is 0.0787. The summed E-state index contributed by atoms with van der Waals surface area (Å²) < 4.78 is 0. The molecule has 0 bridgehead atoms. The van der Waals surface area contributed by atoms with Crippen LogP contribution in [0.1, 0.15) is 42.3 Å². The van der Waals surface area contributed by atoms with Crippen molar-refractivity contribution in [3.05, 3.63) is 83.4 Å². The first-order valence-corrected chi connectivity index (χ1v) is 8.69. The Kier molecular flexibility index (Phi) is 4.63. The average molecular weight is 331 g/mol. The van der Waals surface area contributed by atoms with Crippen molar-refractivity contribution in [3.8, 4) is 0 Å². The Bertz CT molecular complexity index is 883. The molecule has 3 rings (SSSR count). The Labute approximate surface area is 150 Å². The van der Waals surface area contributed by atoms with E-state index in [-0.39, 0.29) is 11.3 Å². The SMILES string of the molecule is CN(Cc1ccc(C(C)(C)C)cc1)C(=O)c1cccc2ccccc12. The molecule has 0 fully saturated rings. The van der Waals surface area contributed by atoms with Gasteiger partial charge in [0, 0.05) is 19.2 Å². The van der Waals surface area contributed by atoms with Gasteiger partial charge in [0.15, 0.2) is 0 Å². The molecule has 0 aliphatic carbocycles.